The number of unbranched alkanes of at least 4 members (excludes halogenated alkanes) is 5. The Balaban J connectivity index is 0.000000371. The van der Waals surface area contributed by atoms with Crippen molar-refractivity contribution in [1.29, 1.82) is 0 Å². The summed E-state index contributed by atoms with van der Waals surface area (Å²) < 4.78 is 22.3. The van der Waals surface area contributed by atoms with E-state index in [4.69, 9.17) is 29.2 Å². The molecule has 8 atom stereocenters. The van der Waals surface area contributed by atoms with Gasteiger partial charge in [0.25, 0.3) is 0 Å². The fourth-order valence-electron chi connectivity index (χ4n) is 5.87. The first-order valence-electron chi connectivity index (χ1n) is 17.8. The lowest BCUT2D eigenvalue weighted by Crippen LogP contribution is -2.50. The molecular formula is C39H56O11. The first-order valence-corrected chi connectivity index (χ1v) is 17.8. The van der Waals surface area contributed by atoms with Gasteiger partial charge >= 0.3 is 11.9 Å². The van der Waals surface area contributed by atoms with Crippen molar-refractivity contribution in [3.8, 4) is 11.5 Å². The molecule has 2 aromatic carbocycles. The normalized spacial score (nSPS) is 24.3. The first kappa shape index (κ1) is 40.9. The van der Waals surface area contributed by atoms with Gasteiger partial charge in [0.1, 0.15) is 24.2 Å². The number of aromatic hydroxyl groups is 1. The van der Waals surface area contributed by atoms with Gasteiger partial charge in [-0.15, -0.1) is 0 Å². The molecule has 4 rings (SSSR count). The number of hydrogen-bond acceptors (Lipinski definition) is 10. The molecule has 5 N–H and O–H groups in total. The van der Waals surface area contributed by atoms with Crippen LogP contribution < -0.4 is 4.74 Å². The molecule has 50 heavy (non-hydrogen) atoms. The van der Waals surface area contributed by atoms with Crippen LogP contribution in [0.25, 0.3) is 0 Å². The molecule has 278 valence electrons. The molecule has 2 saturated heterocycles. The van der Waals surface area contributed by atoms with Crippen molar-refractivity contribution in [2.24, 2.45) is 11.8 Å². The predicted molar refractivity (Wildman–Crippen MR) is 188 cm³/mol. The van der Waals surface area contributed by atoms with Gasteiger partial charge in [0.05, 0.1) is 43.7 Å². The van der Waals surface area contributed by atoms with Gasteiger partial charge in [-0.25, -0.2) is 4.79 Å². The summed E-state index contributed by atoms with van der Waals surface area (Å²) >= 11 is 0. The zero-order chi connectivity index (χ0) is 36.5. The molecule has 0 saturated carbocycles. The number of benzene rings is 2. The number of phenolic OH excluding ortho intramolecular Hbond substituents is 1. The van der Waals surface area contributed by atoms with Crippen molar-refractivity contribution in [3.05, 3.63) is 71.8 Å². The Labute approximate surface area is 295 Å². The van der Waals surface area contributed by atoms with Crippen molar-refractivity contribution >= 4 is 11.9 Å². The van der Waals surface area contributed by atoms with E-state index in [1.807, 2.05) is 37.3 Å². The topological polar surface area (TPSA) is 176 Å². The van der Waals surface area contributed by atoms with Crippen LogP contribution in [0.5, 0.6) is 11.5 Å². The molecule has 2 fully saturated rings. The molecule has 0 bridgehead atoms. The predicted octanol–water partition coefficient (Wildman–Crippen LogP) is 5.56. The number of aliphatic carboxylic acids is 1. The Morgan fingerprint density at radius 1 is 0.920 bits per heavy atom. The minimum absolute atomic E-state index is 0.0160. The second-order valence-electron chi connectivity index (χ2n) is 13.5. The molecule has 2 aromatic rings. The number of esters is 1. The van der Waals surface area contributed by atoms with Crippen LogP contribution in [0, 0.1) is 11.8 Å². The van der Waals surface area contributed by atoms with Gasteiger partial charge in [-0.2, -0.15) is 0 Å². The van der Waals surface area contributed by atoms with Crippen molar-refractivity contribution in [3.63, 3.8) is 0 Å². The van der Waals surface area contributed by atoms with E-state index in [-0.39, 0.29) is 36.2 Å². The van der Waals surface area contributed by atoms with Crippen molar-refractivity contribution < 1.29 is 54.1 Å². The van der Waals surface area contributed by atoms with Crippen LogP contribution >= 0.6 is 0 Å². The van der Waals surface area contributed by atoms with Crippen molar-refractivity contribution in [2.45, 2.75) is 122 Å². The minimum atomic E-state index is -1.06. The summed E-state index contributed by atoms with van der Waals surface area (Å²) in [6, 6.07) is 16.7. The summed E-state index contributed by atoms with van der Waals surface area (Å²) in [5.74, 6) is -0.409. The third-order valence-electron chi connectivity index (χ3n) is 9.18. The summed E-state index contributed by atoms with van der Waals surface area (Å²) in [6.07, 6.45) is 4.61. The molecule has 0 radical (unpaired) electrons. The lowest BCUT2D eigenvalue weighted by molar-refractivity contribution is -0.165. The number of phenols is 1. The zero-order valence-corrected chi connectivity index (χ0v) is 29.6. The number of hydrogen-bond donors (Lipinski definition) is 5. The molecule has 11 nitrogen and oxygen atoms in total. The van der Waals surface area contributed by atoms with E-state index in [1.165, 1.54) is 6.08 Å². The average molecular weight is 701 g/mol. The van der Waals surface area contributed by atoms with E-state index < -0.39 is 36.4 Å². The van der Waals surface area contributed by atoms with Gasteiger partial charge < -0.3 is 44.5 Å². The van der Waals surface area contributed by atoms with Crippen molar-refractivity contribution in [1.82, 2.24) is 0 Å². The van der Waals surface area contributed by atoms with Crippen LogP contribution in [-0.4, -0.2) is 87.3 Å². The molecule has 0 unspecified atom stereocenters. The van der Waals surface area contributed by atoms with Gasteiger partial charge in [-0.1, -0.05) is 68.5 Å². The monoisotopic (exact) mass is 700 g/mol. The van der Waals surface area contributed by atoms with E-state index >= 15 is 0 Å². The quantitative estimate of drug-likeness (QED) is 0.0537. The first-order chi connectivity index (χ1) is 23.9. The van der Waals surface area contributed by atoms with Gasteiger partial charge in [0.15, 0.2) is 0 Å². The molecule has 11 heteroatoms. The Bertz CT molecular complexity index is 1300. The average Bonchev–Trinajstić information content (AvgIpc) is 3.86. The number of rotatable bonds is 19. The van der Waals surface area contributed by atoms with Crippen LogP contribution in [0.1, 0.15) is 84.1 Å². The second-order valence-corrected chi connectivity index (χ2v) is 13.5. The van der Waals surface area contributed by atoms with Crippen LogP contribution in [0.15, 0.2) is 66.2 Å². The molecule has 0 amide bonds. The highest BCUT2D eigenvalue weighted by Gasteiger charge is 2.48. The van der Waals surface area contributed by atoms with Gasteiger partial charge in [-0.3, -0.25) is 4.79 Å². The highest BCUT2D eigenvalue weighted by Crippen LogP contribution is 2.38. The van der Waals surface area contributed by atoms with Crippen LogP contribution in [-0.2, 0) is 30.4 Å². The van der Waals surface area contributed by atoms with Crippen LogP contribution in [0.2, 0.25) is 0 Å². The van der Waals surface area contributed by atoms with E-state index in [1.54, 1.807) is 38.1 Å². The van der Waals surface area contributed by atoms with Crippen LogP contribution in [0.3, 0.4) is 0 Å². The third kappa shape index (κ3) is 15.2. The number of epoxide rings is 1. The summed E-state index contributed by atoms with van der Waals surface area (Å²) in [6.45, 7) is 6.61. The second kappa shape index (κ2) is 21.7. The Hall–Kier alpha value is -3.48. The number of aliphatic hydroxyl groups is 3. The molecule has 2 aliphatic heterocycles. The minimum Gasteiger partial charge on any atom is -0.508 e. The summed E-state index contributed by atoms with van der Waals surface area (Å²) in [4.78, 5) is 22.5. The van der Waals surface area contributed by atoms with Gasteiger partial charge in [-0.05, 0) is 69.4 Å². The molecule has 2 heterocycles. The lowest BCUT2D eigenvalue weighted by Gasteiger charge is -2.38. The van der Waals surface area contributed by atoms with Crippen molar-refractivity contribution in [2.75, 3.05) is 13.2 Å². The molecular weight excluding hydrogens is 644 g/mol. The summed E-state index contributed by atoms with van der Waals surface area (Å²) in [7, 11) is 0. The fraction of sp³-hybridized carbons (Fsp3) is 0.590. The molecule has 0 aliphatic carbocycles. The van der Waals surface area contributed by atoms with Gasteiger partial charge in [0, 0.05) is 24.3 Å². The SMILES string of the molecule is C/C(=C\C(=O)OCCCCCCCCC(=O)O)C[C@@H]1OC[C@H](C[C@@H]2O[C@H]2[C@@H](C)[C@H](C)O)[C@@H](O)[C@H]1O.Oc1ccc(OCc2ccccc2)cc1. The number of aliphatic hydroxyl groups excluding tert-OH is 3. The number of carbonyl (C=O) groups excluding carboxylic acids is 1. The maximum Gasteiger partial charge on any atom is 0.330 e. The summed E-state index contributed by atoms with van der Waals surface area (Å²) in [5, 5.41) is 48.6. The number of carboxylic acids is 1. The number of ether oxygens (including phenoxy) is 4. The molecule has 0 spiro atoms. The summed E-state index contributed by atoms with van der Waals surface area (Å²) in [5.41, 5.74) is 1.84. The van der Waals surface area contributed by atoms with E-state index in [0.29, 0.717) is 44.7 Å². The standard InChI is InChI=1S/C26H44O9.C13H12O2/c1-16(13-23(30)33-11-9-7-5-4-6-8-10-22(28)29)12-20-25(32)24(31)19(15-34-20)14-21-26(35-21)17(2)18(3)27;14-12-6-8-13(9-7-12)15-10-11-4-2-1-3-5-11/h13,17-21,24-27,31-32H,4-12,14-15H2,1-3H3,(H,28,29);1-9,14H,10H2/b16-13+;/t17-,18-,19-,20-,21-,24+,25-,26-;/m0./s1. The smallest absolute Gasteiger partial charge is 0.330 e. The largest absolute Gasteiger partial charge is 0.508 e. The van der Waals surface area contributed by atoms with Crippen LogP contribution in [0.4, 0.5) is 0 Å². The molecule has 2 aliphatic rings. The maximum atomic E-state index is 12.1. The van der Waals surface area contributed by atoms with E-state index in [2.05, 4.69) is 0 Å². The Morgan fingerprint density at radius 2 is 1.58 bits per heavy atom. The number of carbonyl (C=O) groups is 2. The highest BCUT2D eigenvalue weighted by atomic mass is 16.6. The number of carboxylic acid groups (broad SMARTS) is 1. The Morgan fingerprint density at radius 3 is 2.24 bits per heavy atom. The molecule has 0 aromatic heterocycles. The van der Waals surface area contributed by atoms with E-state index in [0.717, 1.165) is 43.4 Å². The Kier molecular flexibility index (Phi) is 17.7. The fourth-order valence-corrected chi connectivity index (χ4v) is 5.87. The lowest BCUT2D eigenvalue weighted by atomic mass is 9.85. The third-order valence-corrected chi connectivity index (χ3v) is 9.18. The zero-order valence-electron chi connectivity index (χ0n) is 29.6. The van der Waals surface area contributed by atoms with Gasteiger partial charge in [0.2, 0.25) is 0 Å². The van der Waals surface area contributed by atoms with E-state index in [9.17, 15) is 24.9 Å². The maximum absolute atomic E-state index is 12.1. The highest BCUT2D eigenvalue weighted by molar-refractivity contribution is 5.82.